The molecule has 2 aliphatic heterocycles. The number of aliphatic hydroxyl groups is 4. The molecular formula is C59H85N9O12. The summed E-state index contributed by atoms with van der Waals surface area (Å²) >= 11 is 0. The summed E-state index contributed by atoms with van der Waals surface area (Å²) in [7, 11) is 0. The summed E-state index contributed by atoms with van der Waals surface area (Å²) in [5, 5.41) is 64.4. The second-order valence-electron chi connectivity index (χ2n) is 22.0. The fraction of sp³-hybridized carbons (Fsp3) is 0.559. The van der Waals surface area contributed by atoms with Crippen molar-refractivity contribution in [3.05, 3.63) is 108 Å². The number of hydrogen-bond donors (Lipinski definition) is 12. The van der Waals surface area contributed by atoms with Gasteiger partial charge in [-0.3, -0.25) is 38.4 Å². The van der Waals surface area contributed by atoms with Crippen LogP contribution in [-0.2, 0) is 57.6 Å². The van der Waals surface area contributed by atoms with Gasteiger partial charge in [-0.1, -0.05) is 133 Å². The summed E-state index contributed by atoms with van der Waals surface area (Å²) in [6.07, 6.45) is -4.64. The number of rotatable bonds is 11. The molecule has 21 heteroatoms. The lowest BCUT2D eigenvalue weighted by Crippen LogP contribution is -2.60. The predicted molar refractivity (Wildman–Crippen MR) is 299 cm³/mol. The number of nitrogens with one attached hydrogen (secondary N) is 7. The SMILES string of the molecule is CC(C)C[C@@H]1NC(=O)[C@H](CCCN)NC(=O)[C@@H](C)[C@@H](O)[C@@H](C)[C@H](O)CNC(=O)[C@@H](C)[C@@H](O)[C@H](C)[C@H](O)CNC(=O)[C@@H](Cc2ccccc2)NC(=O)[C@H](Cc2ccccc2)NC(=O)[C@@H]2CCCN2C(=O)[C@@H](Cc2ccccc2)NC1=O. The Balaban J connectivity index is 1.52. The fourth-order valence-corrected chi connectivity index (χ4v) is 10.1. The molecule has 21 nitrogen and oxygen atoms in total. The molecule has 0 unspecified atom stereocenters. The maximum Gasteiger partial charge on any atom is 0.246 e. The van der Waals surface area contributed by atoms with E-state index in [4.69, 9.17) is 5.73 Å². The van der Waals surface area contributed by atoms with Crippen molar-refractivity contribution in [3.63, 3.8) is 0 Å². The molecule has 2 saturated heterocycles. The first-order valence-corrected chi connectivity index (χ1v) is 28.0. The van der Waals surface area contributed by atoms with E-state index in [9.17, 15) is 58.8 Å². The predicted octanol–water partition coefficient (Wildman–Crippen LogP) is 0.149. The number of β-amino-alcohol motifs (C(OH)–C–C–N with tert-alkyl or cyclic N) is 2. The first-order valence-electron chi connectivity index (χ1n) is 28.0. The van der Waals surface area contributed by atoms with E-state index in [1.54, 1.807) is 91.0 Å². The average Bonchev–Trinajstić information content (AvgIpc) is 3.95. The first-order chi connectivity index (χ1) is 38.1. The smallest absolute Gasteiger partial charge is 0.246 e. The van der Waals surface area contributed by atoms with E-state index >= 15 is 0 Å². The molecule has 0 aliphatic carbocycles. The van der Waals surface area contributed by atoms with Crippen LogP contribution >= 0.6 is 0 Å². The van der Waals surface area contributed by atoms with Gasteiger partial charge in [0.2, 0.25) is 47.3 Å². The monoisotopic (exact) mass is 1110 g/mol. The van der Waals surface area contributed by atoms with Gasteiger partial charge in [-0.2, -0.15) is 0 Å². The standard InChI is InChI=1S/C59H85N9O12/c1-34(2)28-43-56(77)67-46(31-41-22-14-9-15-23-41)59(80)68-27-17-25-47(68)58(79)66-45(30-40-20-12-8-13-21-40)57(78)65-44(29-39-18-10-7-11-19-39)54(75)62-33-49(70)35(3)50(71)37(5)52(73)61-32-48(69)36(4)51(72)38(6)53(74)63-42(24-16-26-60)55(76)64-43/h7-15,18-23,34-38,42-51,69-72H,16-17,24-33,60H2,1-6H3,(H,61,73)(H,62,75)(H,63,74)(H,64,76)(H,65,78)(H,66,79)(H,67,77)/t35-,36+,37+,38+,42+,43+,44-,45+,46-,47+,48-,49-,50+,51+/m1/s1. The zero-order valence-corrected chi connectivity index (χ0v) is 46.9. The topological polar surface area (TPSA) is 331 Å². The Bertz CT molecular complexity index is 2510. The van der Waals surface area contributed by atoms with Crippen LogP contribution in [0.5, 0.6) is 0 Å². The highest BCUT2D eigenvalue weighted by atomic mass is 16.3. The molecule has 2 aliphatic rings. The maximum atomic E-state index is 15.0. The molecule has 2 heterocycles. The summed E-state index contributed by atoms with van der Waals surface area (Å²) in [4.78, 5) is 116. The molecular weight excluding hydrogens is 1030 g/mol. The van der Waals surface area contributed by atoms with Gasteiger partial charge in [0, 0.05) is 50.7 Å². The van der Waals surface area contributed by atoms with Crippen LogP contribution in [0.4, 0.5) is 0 Å². The van der Waals surface area contributed by atoms with E-state index in [-0.39, 0.29) is 64.0 Å². The van der Waals surface area contributed by atoms with Crippen LogP contribution in [0.2, 0.25) is 0 Å². The summed E-state index contributed by atoms with van der Waals surface area (Å²) in [6, 6.07) is 19.5. The third kappa shape index (κ3) is 18.7. The molecule has 0 spiro atoms. The summed E-state index contributed by atoms with van der Waals surface area (Å²) in [5.74, 6) is -9.99. The largest absolute Gasteiger partial charge is 0.392 e. The molecule has 0 bridgehead atoms. The van der Waals surface area contributed by atoms with Gasteiger partial charge in [0.15, 0.2) is 0 Å². The van der Waals surface area contributed by atoms with E-state index in [0.717, 1.165) is 0 Å². The van der Waals surface area contributed by atoms with Crippen molar-refractivity contribution in [2.24, 2.45) is 35.3 Å². The van der Waals surface area contributed by atoms with Gasteiger partial charge in [-0.05, 0) is 61.3 Å². The minimum Gasteiger partial charge on any atom is -0.392 e. The van der Waals surface area contributed by atoms with E-state index in [1.807, 2.05) is 13.8 Å². The van der Waals surface area contributed by atoms with Crippen LogP contribution in [0.3, 0.4) is 0 Å². The van der Waals surface area contributed by atoms with Crippen molar-refractivity contribution in [2.75, 3.05) is 26.2 Å². The maximum absolute atomic E-state index is 15.0. The Morgan fingerprint density at radius 3 is 1.41 bits per heavy atom. The van der Waals surface area contributed by atoms with E-state index in [2.05, 4.69) is 37.2 Å². The van der Waals surface area contributed by atoms with Gasteiger partial charge in [0.05, 0.1) is 36.3 Å². The highest BCUT2D eigenvalue weighted by Gasteiger charge is 2.41. The first kappa shape index (κ1) is 64.0. The molecule has 3 aromatic carbocycles. The average molecular weight is 1110 g/mol. The number of hydrogen-bond acceptors (Lipinski definition) is 13. The van der Waals surface area contributed by atoms with Crippen LogP contribution in [0, 0.1) is 29.6 Å². The number of carbonyl (C=O) groups is 8. The van der Waals surface area contributed by atoms with E-state index in [0.29, 0.717) is 23.1 Å². The minimum atomic E-state index is -1.49. The molecule has 14 atom stereocenters. The zero-order valence-electron chi connectivity index (χ0n) is 46.9. The lowest BCUT2D eigenvalue weighted by molar-refractivity contribution is -0.142. The number of nitrogens with two attached hydrogens (primary N) is 1. The van der Waals surface area contributed by atoms with E-state index < -0.39 is 145 Å². The highest BCUT2D eigenvalue weighted by molar-refractivity contribution is 5.97. The molecule has 80 heavy (non-hydrogen) atoms. The molecule has 8 amide bonds. The van der Waals surface area contributed by atoms with Crippen LogP contribution in [-0.4, -0.2) is 159 Å². The van der Waals surface area contributed by atoms with Gasteiger partial charge in [0.25, 0.3) is 0 Å². The van der Waals surface area contributed by atoms with Crippen molar-refractivity contribution in [3.8, 4) is 0 Å². The van der Waals surface area contributed by atoms with Gasteiger partial charge >= 0.3 is 0 Å². The van der Waals surface area contributed by atoms with Gasteiger partial charge in [0.1, 0.15) is 36.3 Å². The normalized spacial score (nSPS) is 30.0. The quantitative estimate of drug-likeness (QED) is 0.122. The molecule has 0 radical (unpaired) electrons. The number of benzene rings is 3. The lowest BCUT2D eigenvalue weighted by atomic mass is 9.87. The van der Waals surface area contributed by atoms with Crippen LogP contribution in [0.15, 0.2) is 91.0 Å². The van der Waals surface area contributed by atoms with Gasteiger partial charge in [-0.25, -0.2) is 0 Å². The third-order valence-electron chi connectivity index (χ3n) is 15.4. The molecule has 0 saturated carbocycles. The number of amides is 8. The van der Waals surface area contributed by atoms with Crippen molar-refractivity contribution < 1.29 is 58.8 Å². The van der Waals surface area contributed by atoms with Crippen molar-refractivity contribution >= 4 is 47.3 Å². The fourth-order valence-electron chi connectivity index (χ4n) is 10.1. The highest BCUT2D eigenvalue weighted by Crippen LogP contribution is 2.23. The lowest BCUT2D eigenvalue weighted by Gasteiger charge is -2.32. The van der Waals surface area contributed by atoms with Crippen molar-refractivity contribution in [1.82, 2.24) is 42.1 Å². The minimum absolute atomic E-state index is 0.000495. The summed E-state index contributed by atoms with van der Waals surface area (Å²) in [5.41, 5.74) is 7.89. The second-order valence-corrected chi connectivity index (χ2v) is 22.0. The van der Waals surface area contributed by atoms with Crippen LogP contribution in [0.25, 0.3) is 0 Å². The van der Waals surface area contributed by atoms with E-state index in [1.165, 1.54) is 32.6 Å². The summed E-state index contributed by atoms with van der Waals surface area (Å²) in [6.45, 7) is 9.00. The van der Waals surface area contributed by atoms with Crippen molar-refractivity contribution in [1.29, 1.82) is 0 Å². The zero-order chi connectivity index (χ0) is 58.6. The number of carbonyl (C=O) groups excluding carboxylic acids is 8. The van der Waals surface area contributed by atoms with Gasteiger partial charge in [-0.15, -0.1) is 0 Å². The Kier molecular flexibility index (Phi) is 25.0. The molecule has 0 aromatic heterocycles. The van der Waals surface area contributed by atoms with Crippen LogP contribution < -0.4 is 43.0 Å². The molecule has 3 aromatic rings. The third-order valence-corrected chi connectivity index (χ3v) is 15.4. The Morgan fingerprint density at radius 1 is 0.512 bits per heavy atom. The van der Waals surface area contributed by atoms with Crippen molar-refractivity contribution in [2.45, 2.75) is 154 Å². The molecule has 2 fully saturated rings. The number of nitrogens with zero attached hydrogens (tertiary/aromatic N) is 1. The second kappa shape index (κ2) is 31.3. The summed E-state index contributed by atoms with van der Waals surface area (Å²) < 4.78 is 0. The van der Waals surface area contributed by atoms with Gasteiger partial charge < -0.3 is 68.3 Å². The van der Waals surface area contributed by atoms with Crippen LogP contribution in [0.1, 0.15) is 90.3 Å². The number of fused-ring (bicyclic) bond motifs is 1. The Labute approximate surface area is 469 Å². The number of aliphatic hydroxyl groups excluding tert-OH is 4. The Morgan fingerprint density at radius 2 is 0.912 bits per heavy atom. The molecule has 13 N–H and O–H groups in total. The molecule has 5 rings (SSSR count). The molecule has 438 valence electrons. The Hall–Kier alpha value is -6.78.